The Labute approximate surface area is 127 Å². The minimum atomic E-state index is 0.0729. The molecule has 1 aliphatic heterocycles. The normalized spacial score (nSPS) is 18.5. The van der Waals surface area contributed by atoms with Crippen LogP contribution in [0.2, 0.25) is 0 Å². The van der Waals surface area contributed by atoms with Crippen molar-refractivity contribution >= 4 is 5.69 Å². The summed E-state index contributed by atoms with van der Waals surface area (Å²) in [6, 6.07) is 8.84. The molecule has 1 unspecified atom stereocenters. The van der Waals surface area contributed by atoms with E-state index in [-0.39, 0.29) is 5.54 Å². The zero-order valence-electron chi connectivity index (χ0n) is 13.4. The predicted octanol–water partition coefficient (Wildman–Crippen LogP) is 2.67. The van der Waals surface area contributed by atoms with Gasteiger partial charge in [0.2, 0.25) is 0 Å². The fourth-order valence-corrected chi connectivity index (χ4v) is 2.48. The van der Waals surface area contributed by atoms with E-state index in [1.54, 1.807) is 0 Å². The van der Waals surface area contributed by atoms with Gasteiger partial charge in [-0.3, -0.25) is 0 Å². The molecule has 1 aromatic carbocycles. The number of rotatable bonds is 4. The molecule has 0 aliphatic carbocycles. The standard InChI is InChI=1S/C17H25N3O/c1-17(2,3)19-11-13-5-6-16(14(9-13)10-18)20(4)15-7-8-21-12-15/h5-6,9,15,19H,7-8,11-12H2,1-4H3. The first kappa shape index (κ1) is 15.8. The molecule has 1 N–H and O–H groups in total. The van der Waals surface area contributed by atoms with Crippen molar-refractivity contribution in [3.63, 3.8) is 0 Å². The number of benzene rings is 1. The van der Waals surface area contributed by atoms with E-state index in [2.05, 4.69) is 49.2 Å². The van der Waals surface area contributed by atoms with Gasteiger partial charge in [-0.2, -0.15) is 5.26 Å². The second kappa shape index (κ2) is 6.46. The molecule has 0 amide bonds. The van der Waals surface area contributed by atoms with Crippen LogP contribution in [0.1, 0.15) is 38.3 Å². The quantitative estimate of drug-likeness (QED) is 0.925. The molecule has 0 bridgehead atoms. The van der Waals surface area contributed by atoms with Gasteiger partial charge in [-0.25, -0.2) is 0 Å². The van der Waals surface area contributed by atoms with E-state index in [1.165, 1.54) is 0 Å². The van der Waals surface area contributed by atoms with Crippen LogP contribution in [0.15, 0.2) is 18.2 Å². The van der Waals surface area contributed by atoms with Crippen molar-refractivity contribution in [3.05, 3.63) is 29.3 Å². The van der Waals surface area contributed by atoms with Crippen molar-refractivity contribution in [2.24, 2.45) is 0 Å². The highest BCUT2D eigenvalue weighted by Crippen LogP contribution is 2.25. The molecule has 1 heterocycles. The molecule has 1 aromatic rings. The van der Waals surface area contributed by atoms with E-state index in [4.69, 9.17) is 4.74 Å². The van der Waals surface area contributed by atoms with E-state index >= 15 is 0 Å². The maximum Gasteiger partial charge on any atom is 0.101 e. The Balaban J connectivity index is 2.14. The fraction of sp³-hybridized carbons (Fsp3) is 0.588. The molecular weight excluding hydrogens is 262 g/mol. The highest BCUT2D eigenvalue weighted by atomic mass is 16.5. The Morgan fingerprint density at radius 2 is 2.19 bits per heavy atom. The maximum atomic E-state index is 9.43. The van der Waals surface area contributed by atoms with Gasteiger partial charge in [0, 0.05) is 25.7 Å². The van der Waals surface area contributed by atoms with E-state index in [0.717, 1.165) is 43.0 Å². The Bertz CT molecular complexity index is 522. The monoisotopic (exact) mass is 287 g/mol. The average Bonchev–Trinajstić information content (AvgIpc) is 2.97. The van der Waals surface area contributed by atoms with Crippen LogP contribution in [0.4, 0.5) is 5.69 Å². The molecule has 1 atom stereocenters. The average molecular weight is 287 g/mol. The Morgan fingerprint density at radius 3 is 2.76 bits per heavy atom. The third kappa shape index (κ3) is 4.20. The topological polar surface area (TPSA) is 48.3 Å². The van der Waals surface area contributed by atoms with Gasteiger partial charge in [-0.1, -0.05) is 6.07 Å². The second-order valence-corrected chi connectivity index (χ2v) is 6.70. The first-order valence-electron chi connectivity index (χ1n) is 7.49. The molecule has 0 aromatic heterocycles. The van der Waals surface area contributed by atoms with Crippen molar-refractivity contribution in [3.8, 4) is 6.07 Å². The highest BCUT2D eigenvalue weighted by molar-refractivity contribution is 5.60. The van der Waals surface area contributed by atoms with Gasteiger partial charge >= 0.3 is 0 Å². The lowest BCUT2D eigenvalue weighted by Gasteiger charge is -2.27. The maximum absolute atomic E-state index is 9.43. The summed E-state index contributed by atoms with van der Waals surface area (Å²) in [5.41, 5.74) is 2.94. The molecule has 4 heteroatoms. The Morgan fingerprint density at radius 1 is 1.43 bits per heavy atom. The number of anilines is 1. The third-order valence-electron chi connectivity index (χ3n) is 3.84. The Kier molecular flexibility index (Phi) is 4.87. The van der Waals surface area contributed by atoms with Crippen LogP contribution in [-0.4, -0.2) is 31.8 Å². The molecule has 0 spiro atoms. The van der Waals surface area contributed by atoms with Crippen molar-refractivity contribution in [1.29, 1.82) is 5.26 Å². The molecule has 0 radical (unpaired) electrons. The van der Waals surface area contributed by atoms with Gasteiger partial charge in [0.05, 0.1) is 23.9 Å². The summed E-state index contributed by atoms with van der Waals surface area (Å²) < 4.78 is 5.44. The number of likely N-dealkylation sites (N-methyl/N-ethyl adjacent to an activating group) is 1. The minimum Gasteiger partial charge on any atom is -0.379 e. The fourth-order valence-electron chi connectivity index (χ4n) is 2.48. The number of nitriles is 1. The van der Waals surface area contributed by atoms with E-state index in [0.29, 0.717) is 6.04 Å². The smallest absolute Gasteiger partial charge is 0.101 e. The Hall–Kier alpha value is -1.57. The van der Waals surface area contributed by atoms with Gasteiger partial charge in [0.15, 0.2) is 0 Å². The number of ether oxygens (including phenoxy) is 1. The summed E-state index contributed by atoms with van der Waals surface area (Å²) in [5.74, 6) is 0. The molecule has 114 valence electrons. The van der Waals surface area contributed by atoms with Crippen molar-refractivity contribution in [2.45, 2.75) is 45.3 Å². The van der Waals surface area contributed by atoms with E-state index in [1.807, 2.05) is 13.1 Å². The first-order chi connectivity index (χ1) is 9.90. The first-order valence-corrected chi connectivity index (χ1v) is 7.49. The molecule has 1 saturated heterocycles. The van der Waals surface area contributed by atoms with Crippen LogP contribution < -0.4 is 10.2 Å². The summed E-state index contributed by atoms with van der Waals surface area (Å²) in [6.07, 6.45) is 1.02. The lowest BCUT2D eigenvalue weighted by Crippen LogP contribution is -2.35. The molecule has 2 rings (SSSR count). The predicted molar refractivity (Wildman–Crippen MR) is 85.4 cm³/mol. The molecular formula is C17H25N3O. The SMILES string of the molecule is CN(c1ccc(CNC(C)(C)C)cc1C#N)C1CCOC1. The van der Waals surface area contributed by atoms with Gasteiger partial charge in [0.25, 0.3) is 0 Å². The van der Waals surface area contributed by atoms with Crippen LogP contribution in [0.25, 0.3) is 0 Å². The van der Waals surface area contributed by atoms with Crippen LogP contribution >= 0.6 is 0 Å². The summed E-state index contributed by atoms with van der Waals surface area (Å²) >= 11 is 0. The van der Waals surface area contributed by atoms with Crippen LogP contribution in [0.5, 0.6) is 0 Å². The van der Waals surface area contributed by atoms with E-state index in [9.17, 15) is 5.26 Å². The number of nitrogens with one attached hydrogen (secondary N) is 1. The van der Waals surface area contributed by atoms with Crippen LogP contribution in [-0.2, 0) is 11.3 Å². The van der Waals surface area contributed by atoms with Gasteiger partial charge in [-0.05, 0) is 44.9 Å². The molecule has 21 heavy (non-hydrogen) atoms. The summed E-state index contributed by atoms with van der Waals surface area (Å²) in [4.78, 5) is 2.17. The third-order valence-corrected chi connectivity index (χ3v) is 3.84. The zero-order valence-corrected chi connectivity index (χ0v) is 13.4. The number of hydrogen-bond acceptors (Lipinski definition) is 4. The number of hydrogen-bond donors (Lipinski definition) is 1. The number of nitrogens with zero attached hydrogens (tertiary/aromatic N) is 2. The molecule has 1 aliphatic rings. The van der Waals surface area contributed by atoms with Crippen molar-refractivity contribution in [1.82, 2.24) is 5.32 Å². The molecule has 1 fully saturated rings. The molecule has 4 nitrogen and oxygen atoms in total. The minimum absolute atomic E-state index is 0.0729. The largest absolute Gasteiger partial charge is 0.379 e. The van der Waals surface area contributed by atoms with Crippen LogP contribution in [0, 0.1) is 11.3 Å². The van der Waals surface area contributed by atoms with Crippen molar-refractivity contribution in [2.75, 3.05) is 25.2 Å². The lowest BCUT2D eigenvalue weighted by atomic mass is 10.0. The van der Waals surface area contributed by atoms with Crippen LogP contribution in [0.3, 0.4) is 0 Å². The van der Waals surface area contributed by atoms with Gasteiger partial charge in [-0.15, -0.1) is 0 Å². The summed E-state index contributed by atoms with van der Waals surface area (Å²) in [7, 11) is 2.04. The van der Waals surface area contributed by atoms with Gasteiger partial charge in [0.1, 0.15) is 6.07 Å². The lowest BCUT2D eigenvalue weighted by molar-refractivity contribution is 0.193. The molecule has 0 saturated carbocycles. The van der Waals surface area contributed by atoms with Gasteiger partial charge < -0.3 is 15.0 Å². The van der Waals surface area contributed by atoms with Crippen molar-refractivity contribution < 1.29 is 4.74 Å². The zero-order chi connectivity index (χ0) is 15.5. The second-order valence-electron chi connectivity index (χ2n) is 6.70. The summed E-state index contributed by atoms with van der Waals surface area (Å²) in [6.45, 7) is 8.75. The summed E-state index contributed by atoms with van der Waals surface area (Å²) in [5, 5.41) is 12.9. The highest BCUT2D eigenvalue weighted by Gasteiger charge is 2.22. The van der Waals surface area contributed by atoms with E-state index < -0.39 is 0 Å².